The molecule has 0 bridgehead atoms. The number of nitrogens with one attached hydrogen (secondary N) is 1. The molecule has 3 amide bonds. The summed E-state index contributed by atoms with van der Waals surface area (Å²) < 4.78 is 13.7. The Balaban J connectivity index is 1.31. The van der Waals surface area contributed by atoms with Gasteiger partial charge in [0.05, 0.1) is 6.67 Å². The fourth-order valence-corrected chi connectivity index (χ4v) is 5.23. The maximum Gasteiger partial charge on any atom is 0.253 e. The standard InChI is InChI=1S/C29H29FN4O3/c30-24-11-7-10-23(18-24)27(36)32-16-14-29(15-17-32)28(37)33(21-34(29)25-12-5-2-6-13-25)20-26(35)31-19-22-8-3-1-4-9-22/h1-13,18H,14-17,19-21H2,(H,31,35). The Morgan fingerprint density at radius 1 is 0.892 bits per heavy atom. The number of carbonyl (C=O) groups excluding carboxylic acids is 3. The van der Waals surface area contributed by atoms with Gasteiger partial charge in [-0.3, -0.25) is 14.4 Å². The summed E-state index contributed by atoms with van der Waals surface area (Å²) in [4.78, 5) is 44.9. The Labute approximate surface area is 215 Å². The first-order chi connectivity index (χ1) is 18.0. The predicted octanol–water partition coefficient (Wildman–Crippen LogP) is 3.42. The molecule has 0 radical (unpaired) electrons. The minimum Gasteiger partial charge on any atom is -0.350 e. The summed E-state index contributed by atoms with van der Waals surface area (Å²) in [6, 6.07) is 25.0. The van der Waals surface area contributed by atoms with Gasteiger partial charge in [0.2, 0.25) is 5.91 Å². The van der Waals surface area contributed by atoms with E-state index in [4.69, 9.17) is 0 Å². The van der Waals surface area contributed by atoms with Crippen molar-refractivity contribution in [3.8, 4) is 0 Å². The molecule has 2 aliphatic heterocycles. The van der Waals surface area contributed by atoms with Crippen LogP contribution in [0.15, 0.2) is 84.9 Å². The van der Waals surface area contributed by atoms with Gasteiger partial charge in [-0.05, 0) is 48.7 Å². The van der Waals surface area contributed by atoms with E-state index >= 15 is 0 Å². The van der Waals surface area contributed by atoms with Crippen molar-refractivity contribution >= 4 is 23.4 Å². The Kier molecular flexibility index (Phi) is 6.90. The number of nitrogens with zero attached hydrogens (tertiary/aromatic N) is 3. The van der Waals surface area contributed by atoms with E-state index in [-0.39, 0.29) is 24.3 Å². The number of likely N-dealkylation sites (tertiary alicyclic amines) is 1. The van der Waals surface area contributed by atoms with E-state index in [1.54, 1.807) is 15.9 Å². The van der Waals surface area contributed by atoms with Gasteiger partial charge < -0.3 is 20.0 Å². The minimum absolute atomic E-state index is 0.0390. The molecule has 1 spiro atoms. The molecular weight excluding hydrogens is 471 g/mol. The number of piperidine rings is 1. The lowest BCUT2D eigenvalue weighted by molar-refractivity contribution is -0.137. The SMILES string of the molecule is O=C(CN1CN(c2ccccc2)C2(CCN(C(=O)c3cccc(F)c3)CC2)C1=O)NCc1ccccc1. The number of benzene rings is 3. The van der Waals surface area contributed by atoms with Crippen LogP contribution in [0.1, 0.15) is 28.8 Å². The van der Waals surface area contributed by atoms with E-state index in [0.717, 1.165) is 11.3 Å². The molecule has 37 heavy (non-hydrogen) atoms. The predicted molar refractivity (Wildman–Crippen MR) is 138 cm³/mol. The Bertz CT molecular complexity index is 1280. The van der Waals surface area contributed by atoms with Crippen molar-refractivity contribution in [2.45, 2.75) is 24.9 Å². The van der Waals surface area contributed by atoms with Crippen LogP contribution in [-0.2, 0) is 16.1 Å². The third-order valence-corrected chi connectivity index (χ3v) is 7.20. The first-order valence-electron chi connectivity index (χ1n) is 12.4. The molecule has 2 saturated heterocycles. The average Bonchev–Trinajstić information content (AvgIpc) is 3.19. The number of halogens is 1. The summed E-state index contributed by atoms with van der Waals surface area (Å²) in [6.45, 7) is 1.37. The Hall–Kier alpha value is -4.20. The molecule has 0 saturated carbocycles. The highest BCUT2D eigenvalue weighted by atomic mass is 19.1. The smallest absolute Gasteiger partial charge is 0.253 e. The topological polar surface area (TPSA) is 73.0 Å². The zero-order chi connectivity index (χ0) is 25.8. The van der Waals surface area contributed by atoms with Crippen LogP contribution in [0.5, 0.6) is 0 Å². The second kappa shape index (κ2) is 10.4. The quantitative estimate of drug-likeness (QED) is 0.563. The highest BCUT2D eigenvalue weighted by Crippen LogP contribution is 2.39. The van der Waals surface area contributed by atoms with Crippen LogP contribution in [0.4, 0.5) is 10.1 Å². The second-order valence-electron chi connectivity index (χ2n) is 9.50. The van der Waals surface area contributed by atoms with E-state index in [0.29, 0.717) is 44.7 Å². The van der Waals surface area contributed by atoms with Crippen LogP contribution < -0.4 is 10.2 Å². The molecule has 1 N–H and O–H groups in total. The van der Waals surface area contributed by atoms with Crippen LogP contribution in [0.3, 0.4) is 0 Å². The Morgan fingerprint density at radius 3 is 2.24 bits per heavy atom. The highest BCUT2D eigenvalue weighted by molar-refractivity contribution is 5.97. The highest BCUT2D eigenvalue weighted by Gasteiger charge is 2.54. The summed E-state index contributed by atoms with van der Waals surface area (Å²) in [5.41, 5.74) is 1.33. The molecule has 0 atom stereocenters. The van der Waals surface area contributed by atoms with E-state index in [1.807, 2.05) is 60.7 Å². The molecular formula is C29H29FN4O3. The van der Waals surface area contributed by atoms with Crippen LogP contribution in [0.25, 0.3) is 0 Å². The maximum absolute atomic E-state index is 13.8. The lowest BCUT2D eigenvalue weighted by Crippen LogP contribution is -2.57. The van der Waals surface area contributed by atoms with Crippen molar-refractivity contribution in [3.63, 3.8) is 0 Å². The van der Waals surface area contributed by atoms with Gasteiger partial charge in [-0.25, -0.2) is 4.39 Å². The lowest BCUT2D eigenvalue weighted by atomic mass is 9.85. The minimum atomic E-state index is -0.847. The van der Waals surface area contributed by atoms with Gasteiger partial charge in [0.15, 0.2) is 0 Å². The Morgan fingerprint density at radius 2 is 1.57 bits per heavy atom. The molecule has 2 fully saturated rings. The summed E-state index contributed by atoms with van der Waals surface area (Å²) >= 11 is 0. The first-order valence-corrected chi connectivity index (χ1v) is 12.4. The number of rotatable bonds is 6. The third kappa shape index (κ3) is 5.05. The summed E-state index contributed by atoms with van der Waals surface area (Å²) in [5, 5.41) is 2.90. The van der Waals surface area contributed by atoms with Gasteiger partial charge >= 0.3 is 0 Å². The molecule has 190 valence electrons. The molecule has 2 heterocycles. The zero-order valence-corrected chi connectivity index (χ0v) is 20.5. The van der Waals surface area contributed by atoms with Crippen molar-refractivity contribution < 1.29 is 18.8 Å². The van der Waals surface area contributed by atoms with E-state index < -0.39 is 11.4 Å². The van der Waals surface area contributed by atoms with E-state index in [1.165, 1.54) is 18.2 Å². The molecule has 7 nitrogen and oxygen atoms in total. The van der Waals surface area contributed by atoms with E-state index in [2.05, 4.69) is 10.2 Å². The first kappa shape index (κ1) is 24.5. The third-order valence-electron chi connectivity index (χ3n) is 7.20. The van der Waals surface area contributed by atoms with Crippen LogP contribution in [0, 0.1) is 5.82 Å². The molecule has 0 aliphatic carbocycles. The van der Waals surface area contributed by atoms with Gasteiger partial charge in [0.25, 0.3) is 11.8 Å². The zero-order valence-electron chi connectivity index (χ0n) is 20.5. The monoisotopic (exact) mass is 500 g/mol. The molecule has 0 aromatic heterocycles. The number of hydrogen-bond acceptors (Lipinski definition) is 4. The molecule has 2 aliphatic rings. The van der Waals surface area contributed by atoms with Gasteiger partial charge in [-0.1, -0.05) is 54.6 Å². The van der Waals surface area contributed by atoms with Gasteiger partial charge in [0.1, 0.15) is 17.9 Å². The van der Waals surface area contributed by atoms with Gasteiger partial charge in [-0.15, -0.1) is 0 Å². The largest absolute Gasteiger partial charge is 0.350 e. The maximum atomic E-state index is 13.8. The summed E-state index contributed by atoms with van der Waals surface area (Å²) in [6.07, 6.45) is 0.841. The summed E-state index contributed by atoms with van der Waals surface area (Å²) in [5.74, 6) is -1.03. The van der Waals surface area contributed by atoms with Crippen molar-refractivity contribution in [1.29, 1.82) is 0 Å². The van der Waals surface area contributed by atoms with Crippen molar-refractivity contribution in [2.75, 3.05) is 31.2 Å². The van der Waals surface area contributed by atoms with Crippen LogP contribution >= 0.6 is 0 Å². The molecule has 3 aromatic carbocycles. The number of hydrogen-bond donors (Lipinski definition) is 1. The fraction of sp³-hybridized carbons (Fsp3) is 0.276. The van der Waals surface area contributed by atoms with Crippen molar-refractivity contribution in [1.82, 2.24) is 15.1 Å². The van der Waals surface area contributed by atoms with E-state index in [9.17, 15) is 18.8 Å². The van der Waals surface area contributed by atoms with Crippen LogP contribution in [0.2, 0.25) is 0 Å². The number of anilines is 1. The van der Waals surface area contributed by atoms with Gasteiger partial charge in [0, 0.05) is 30.9 Å². The molecule has 3 aromatic rings. The number of amides is 3. The molecule has 5 rings (SSSR count). The number of para-hydroxylation sites is 1. The van der Waals surface area contributed by atoms with Gasteiger partial charge in [-0.2, -0.15) is 0 Å². The summed E-state index contributed by atoms with van der Waals surface area (Å²) in [7, 11) is 0. The fourth-order valence-electron chi connectivity index (χ4n) is 5.23. The lowest BCUT2D eigenvalue weighted by Gasteiger charge is -2.43. The number of carbonyl (C=O) groups is 3. The molecule has 8 heteroatoms. The van der Waals surface area contributed by atoms with Crippen molar-refractivity contribution in [3.05, 3.63) is 102 Å². The normalized spacial score (nSPS) is 16.8. The van der Waals surface area contributed by atoms with Crippen molar-refractivity contribution in [2.24, 2.45) is 0 Å². The average molecular weight is 501 g/mol. The molecule has 0 unspecified atom stereocenters. The van der Waals surface area contributed by atoms with Crippen LogP contribution in [-0.4, -0.2) is 59.4 Å². The second-order valence-corrected chi connectivity index (χ2v) is 9.50.